The van der Waals surface area contributed by atoms with Crippen LogP contribution in [0.25, 0.3) is 10.9 Å². The zero-order valence-electron chi connectivity index (χ0n) is 14.2. The predicted molar refractivity (Wildman–Crippen MR) is 99.3 cm³/mol. The zero-order chi connectivity index (χ0) is 18.1. The molecule has 4 rings (SSSR count). The molecule has 0 bridgehead atoms. The quantitative estimate of drug-likeness (QED) is 0.571. The summed E-state index contributed by atoms with van der Waals surface area (Å²) >= 11 is 0. The maximum Gasteiger partial charge on any atom is 0.282 e. The molecule has 132 valence electrons. The van der Waals surface area contributed by atoms with Crippen LogP contribution >= 0.6 is 0 Å². The van der Waals surface area contributed by atoms with E-state index in [1.807, 2.05) is 12.1 Å². The lowest BCUT2D eigenvalue weighted by molar-refractivity contribution is -0.385. The number of aromatic nitrogens is 1. The maximum atomic E-state index is 12.7. The molecule has 2 aromatic carbocycles. The first-order chi connectivity index (χ1) is 12.6. The Labute approximate surface area is 150 Å². The fourth-order valence-corrected chi connectivity index (χ4v) is 3.81. The van der Waals surface area contributed by atoms with E-state index >= 15 is 0 Å². The third-order valence-corrected chi connectivity index (χ3v) is 5.17. The number of nitrogens with one attached hydrogen (secondary N) is 1. The minimum absolute atomic E-state index is 0.128. The number of amides is 1. The van der Waals surface area contributed by atoms with Gasteiger partial charge >= 0.3 is 0 Å². The van der Waals surface area contributed by atoms with Gasteiger partial charge in [-0.1, -0.05) is 30.3 Å². The van der Waals surface area contributed by atoms with Crippen molar-refractivity contribution in [1.29, 1.82) is 0 Å². The molecule has 2 heterocycles. The lowest BCUT2D eigenvalue weighted by Gasteiger charge is -2.32. The van der Waals surface area contributed by atoms with Crippen molar-refractivity contribution >= 4 is 22.5 Å². The molecule has 0 saturated carbocycles. The Morgan fingerprint density at radius 3 is 2.54 bits per heavy atom. The predicted octanol–water partition coefficient (Wildman–Crippen LogP) is 4.10. The van der Waals surface area contributed by atoms with Crippen molar-refractivity contribution < 1.29 is 9.72 Å². The number of fused-ring (bicyclic) bond motifs is 1. The first kappa shape index (κ1) is 16.3. The fraction of sp³-hybridized carbons (Fsp3) is 0.250. The van der Waals surface area contributed by atoms with E-state index in [1.54, 1.807) is 17.0 Å². The molecule has 6 nitrogen and oxygen atoms in total. The van der Waals surface area contributed by atoms with Crippen LogP contribution in [0.2, 0.25) is 0 Å². The zero-order valence-corrected chi connectivity index (χ0v) is 14.2. The van der Waals surface area contributed by atoms with Crippen molar-refractivity contribution in [2.45, 2.75) is 18.8 Å². The van der Waals surface area contributed by atoms with Crippen LogP contribution in [0.15, 0.2) is 54.7 Å². The third kappa shape index (κ3) is 2.83. The summed E-state index contributed by atoms with van der Waals surface area (Å²) in [5.41, 5.74) is 2.46. The summed E-state index contributed by atoms with van der Waals surface area (Å²) in [6, 6.07) is 14.4. The molecule has 0 aliphatic carbocycles. The summed E-state index contributed by atoms with van der Waals surface area (Å²) in [5, 5.41) is 12.4. The maximum absolute atomic E-state index is 12.7. The number of benzene rings is 2. The number of hydrogen-bond acceptors (Lipinski definition) is 3. The SMILES string of the molecule is O=C(c1ccccc1[N+](=O)[O-])N1CCC(c2c[nH]c3ccccc23)CC1. The molecule has 1 fully saturated rings. The Morgan fingerprint density at radius 1 is 1.08 bits per heavy atom. The molecule has 1 saturated heterocycles. The molecule has 1 aliphatic rings. The summed E-state index contributed by atoms with van der Waals surface area (Å²) in [5.74, 6) is 0.135. The molecule has 0 atom stereocenters. The van der Waals surface area contributed by atoms with Gasteiger partial charge in [0.15, 0.2) is 0 Å². The van der Waals surface area contributed by atoms with Crippen LogP contribution in [-0.2, 0) is 0 Å². The minimum atomic E-state index is -0.494. The summed E-state index contributed by atoms with van der Waals surface area (Å²) < 4.78 is 0. The number of aromatic amines is 1. The number of rotatable bonds is 3. The molecular weight excluding hydrogens is 330 g/mol. The molecule has 6 heteroatoms. The fourth-order valence-electron chi connectivity index (χ4n) is 3.81. The van der Waals surface area contributed by atoms with Gasteiger partial charge in [0.05, 0.1) is 4.92 Å². The number of likely N-dealkylation sites (tertiary alicyclic amines) is 1. The molecule has 1 amide bonds. The van der Waals surface area contributed by atoms with Gasteiger partial charge in [-0.3, -0.25) is 14.9 Å². The summed E-state index contributed by atoms with van der Waals surface area (Å²) in [7, 11) is 0. The highest BCUT2D eigenvalue weighted by molar-refractivity contribution is 5.98. The Hall–Kier alpha value is -3.15. The molecule has 1 aliphatic heterocycles. The smallest absolute Gasteiger partial charge is 0.282 e. The normalized spacial score (nSPS) is 15.3. The standard InChI is InChI=1S/C20H19N3O3/c24-20(16-6-2-4-8-19(16)23(25)26)22-11-9-14(10-12-22)17-13-21-18-7-3-1-5-15(17)18/h1-8,13-14,21H,9-12H2. The van der Waals surface area contributed by atoms with Gasteiger partial charge in [-0.25, -0.2) is 0 Å². The molecule has 1 N–H and O–H groups in total. The van der Waals surface area contributed by atoms with Crippen molar-refractivity contribution in [1.82, 2.24) is 9.88 Å². The molecule has 0 unspecified atom stereocenters. The Bertz CT molecular complexity index is 971. The van der Waals surface area contributed by atoms with E-state index < -0.39 is 4.92 Å². The van der Waals surface area contributed by atoms with Gasteiger partial charge in [-0.2, -0.15) is 0 Å². The number of H-pyrrole nitrogens is 1. The molecule has 26 heavy (non-hydrogen) atoms. The number of carbonyl (C=O) groups is 1. The highest BCUT2D eigenvalue weighted by Crippen LogP contribution is 2.33. The topological polar surface area (TPSA) is 79.2 Å². The Kier molecular flexibility index (Phi) is 4.16. The van der Waals surface area contributed by atoms with E-state index in [1.165, 1.54) is 23.1 Å². The highest BCUT2D eigenvalue weighted by Gasteiger charge is 2.29. The summed E-state index contributed by atoms with van der Waals surface area (Å²) in [6.45, 7) is 1.21. The van der Waals surface area contributed by atoms with Crippen molar-refractivity contribution in [3.8, 4) is 0 Å². The highest BCUT2D eigenvalue weighted by atomic mass is 16.6. The van der Waals surface area contributed by atoms with E-state index in [0.29, 0.717) is 19.0 Å². The second-order valence-corrected chi connectivity index (χ2v) is 6.63. The summed E-state index contributed by atoms with van der Waals surface area (Å²) in [4.78, 5) is 28.5. The second kappa shape index (κ2) is 6.63. The van der Waals surface area contributed by atoms with Crippen LogP contribution in [0, 0.1) is 10.1 Å². The summed E-state index contributed by atoms with van der Waals surface area (Å²) in [6.07, 6.45) is 3.78. The monoisotopic (exact) mass is 349 g/mol. The molecule has 1 aromatic heterocycles. The van der Waals surface area contributed by atoms with Crippen molar-refractivity contribution in [2.75, 3.05) is 13.1 Å². The first-order valence-electron chi connectivity index (χ1n) is 8.74. The lowest BCUT2D eigenvalue weighted by Crippen LogP contribution is -2.38. The molecule has 3 aromatic rings. The van der Waals surface area contributed by atoms with Crippen LogP contribution in [0.3, 0.4) is 0 Å². The average Bonchev–Trinajstić information content (AvgIpc) is 3.11. The van der Waals surface area contributed by atoms with Crippen LogP contribution < -0.4 is 0 Å². The molecular formula is C20H19N3O3. The van der Waals surface area contributed by atoms with Gasteiger partial charge in [0.1, 0.15) is 5.56 Å². The van der Waals surface area contributed by atoms with Crippen LogP contribution in [0.5, 0.6) is 0 Å². The number of para-hydroxylation sites is 2. The van der Waals surface area contributed by atoms with Crippen LogP contribution in [0.1, 0.15) is 34.7 Å². The van der Waals surface area contributed by atoms with Crippen molar-refractivity contribution in [3.63, 3.8) is 0 Å². The van der Waals surface area contributed by atoms with Gasteiger partial charge < -0.3 is 9.88 Å². The van der Waals surface area contributed by atoms with E-state index in [-0.39, 0.29) is 17.2 Å². The lowest BCUT2D eigenvalue weighted by atomic mass is 9.89. The number of hydrogen-bond donors (Lipinski definition) is 1. The number of carbonyl (C=O) groups excluding carboxylic acids is 1. The van der Waals surface area contributed by atoms with Gasteiger partial charge in [-0.05, 0) is 36.5 Å². The second-order valence-electron chi connectivity index (χ2n) is 6.63. The molecule has 0 radical (unpaired) electrons. The van der Waals surface area contributed by atoms with E-state index in [9.17, 15) is 14.9 Å². The van der Waals surface area contributed by atoms with E-state index in [4.69, 9.17) is 0 Å². The third-order valence-electron chi connectivity index (χ3n) is 5.17. The average molecular weight is 349 g/mol. The van der Waals surface area contributed by atoms with E-state index in [2.05, 4.69) is 23.3 Å². The van der Waals surface area contributed by atoms with Gasteiger partial charge in [0, 0.05) is 36.3 Å². The van der Waals surface area contributed by atoms with Crippen LogP contribution in [0.4, 0.5) is 5.69 Å². The molecule has 0 spiro atoms. The van der Waals surface area contributed by atoms with Crippen molar-refractivity contribution in [3.05, 3.63) is 76.0 Å². The number of nitrogens with zero attached hydrogens (tertiary/aromatic N) is 2. The van der Waals surface area contributed by atoms with E-state index in [0.717, 1.165) is 18.4 Å². The first-order valence-corrected chi connectivity index (χ1v) is 8.74. The minimum Gasteiger partial charge on any atom is -0.361 e. The Morgan fingerprint density at radius 2 is 1.77 bits per heavy atom. The number of nitro groups is 1. The van der Waals surface area contributed by atoms with Gasteiger partial charge in [-0.15, -0.1) is 0 Å². The number of nitro benzene ring substituents is 1. The van der Waals surface area contributed by atoms with Gasteiger partial charge in [0.25, 0.3) is 11.6 Å². The largest absolute Gasteiger partial charge is 0.361 e. The van der Waals surface area contributed by atoms with Crippen LogP contribution in [-0.4, -0.2) is 33.8 Å². The van der Waals surface area contributed by atoms with Gasteiger partial charge in [0.2, 0.25) is 0 Å². The Balaban J connectivity index is 1.50. The number of piperidine rings is 1. The van der Waals surface area contributed by atoms with Crippen molar-refractivity contribution in [2.24, 2.45) is 0 Å².